The number of para-hydroxylation sites is 1. The summed E-state index contributed by atoms with van der Waals surface area (Å²) >= 11 is 0. The number of hydrogen-bond acceptors (Lipinski definition) is 2. The van der Waals surface area contributed by atoms with Gasteiger partial charge in [0.25, 0.3) is 0 Å². The predicted molar refractivity (Wildman–Crippen MR) is 77.3 cm³/mol. The van der Waals surface area contributed by atoms with Crippen molar-refractivity contribution < 1.29 is 0 Å². The van der Waals surface area contributed by atoms with Crippen LogP contribution in [-0.4, -0.2) is 25.2 Å². The maximum Gasteiger partial charge on any atom is 0.0404 e. The molecule has 2 aliphatic rings. The van der Waals surface area contributed by atoms with Crippen LogP contribution in [0.3, 0.4) is 0 Å². The summed E-state index contributed by atoms with van der Waals surface area (Å²) in [4.78, 5) is 2.67. The fraction of sp³-hybridized carbons (Fsp3) is 0.625. The molecule has 0 aliphatic carbocycles. The Hall–Kier alpha value is -1.02. The van der Waals surface area contributed by atoms with Crippen molar-refractivity contribution in [1.29, 1.82) is 0 Å². The maximum absolute atomic E-state index is 3.56. The van der Waals surface area contributed by atoms with E-state index >= 15 is 0 Å². The monoisotopic (exact) mass is 244 g/mol. The van der Waals surface area contributed by atoms with Crippen LogP contribution in [0.25, 0.3) is 0 Å². The van der Waals surface area contributed by atoms with Crippen LogP contribution in [0.15, 0.2) is 24.3 Å². The minimum atomic E-state index is 0.662. The largest absolute Gasteiger partial charge is 0.368 e. The normalized spacial score (nSPS) is 32.1. The van der Waals surface area contributed by atoms with E-state index in [-0.39, 0.29) is 0 Å². The molecule has 2 heterocycles. The standard InChI is InChI=1S/C16H24N2/c1-12-8-10-18(14-7-9-17-13(2)11-14)16-6-4-3-5-15(12)16/h3-6,12-14,17H,7-11H2,1-2H3. The Kier molecular flexibility index (Phi) is 3.29. The van der Waals surface area contributed by atoms with Crippen LogP contribution in [0, 0.1) is 0 Å². The highest BCUT2D eigenvalue weighted by molar-refractivity contribution is 5.57. The van der Waals surface area contributed by atoms with Gasteiger partial charge in [-0.1, -0.05) is 25.1 Å². The van der Waals surface area contributed by atoms with Crippen LogP contribution in [0.4, 0.5) is 5.69 Å². The van der Waals surface area contributed by atoms with E-state index in [4.69, 9.17) is 0 Å². The van der Waals surface area contributed by atoms with Crippen molar-refractivity contribution in [2.75, 3.05) is 18.0 Å². The highest BCUT2D eigenvalue weighted by Crippen LogP contribution is 2.37. The summed E-state index contributed by atoms with van der Waals surface area (Å²) in [6, 6.07) is 10.4. The molecule has 0 bridgehead atoms. The molecule has 0 aromatic heterocycles. The molecule has 2 heteroatoms. The van der Waals surface area contributed by atoms with Crippen molar-refractivity contribution in [1.82, 2.24) is 5.32 Å². The number of anilines is 1. The molecule has 2 nitrogen and oxygen atoms in total. The number of nitrogens with one attached hydrogen (secondary N) is 1. The molecule has 3 unspecified atom stereocenters. The van der Waals surface area contributed by atoms with Crippen LogP contribution >= 0.6 is 0 Å². The van der Waals surface area contributed by atoms with Gasteiger partial charge in [0.1, 0.15) is 0 Å². The number of nitrogens with zero attached hydrogens (tertiary/aromatic N) is 1. The van der Waals surface area contributed by atoms with Gasteiger partial charge in [-0.2, -0.15) is 0 Å². The second-order valence-corrected chi connectivity index (χ2v) is 5.98. The topological polar surface area (TPSA) is 15.3 Å². The van der Waals surface area contributed by atoms with E-state index in [1.54, 1.807) is 5.56 Å². The van der Waals surface area contributed by atoms with E-state index in [1.807, 2.05) is 0 Å². The van der Waals surface area contributed by atoms with Crippen LogP contribution in [0.5, 0.6) is 0 Å². The first-order valence-electron chi connectivity index (χ1n) is 7.34. The summed E-state index contributed by atoms with van der Waals surface area (Å²) in [5, 5.41) is 3.56. The van der Waals surface area contributed by atoms with Gasteiger partial charge in [-0.05, 0) is 50.3 Å². The van der Waals surface area contributed by atoms with Gasteiger partial charge in [-0.15, -0.1) is 0 Å². The summed E-state index contributed by atoms with van der Waals surface area (Å²) in [7, 11) is 0. The van der Waals surface area contributed by atoms with Gasteiger partial charge in [0.2, 0.25) is 0 Å². The Labute approximate surface area is 110 Å². The van der Waals surface area contributed by atoms with Crippen molar-refractivity contribution >= 4 is 5.69 Å². The molecular weight excluding hydrogens is 220 g/mol. The maximum atomic E-state index is 3.56. The molecular formula is C16H24N2. The van der Waals surface area contributed by atoms with Crippen molar-refractivity contribution in [2.45, 2.75) is 51.1 Å². The molecule has 0 spiro atoms. The lowest BCUT2D eigenvalue weighted by Gasteiger charge is -2.43. The third-order valence-electron chi connectivity index (χ3n) is 4.62. The minimum absolute atomic E-state index is 0.662. The van der Waals surface area contributed by atoms with Gasteiger partial charge in [0, 0.05) is 24.3 Å². The molecule has 18 heavy (non-hydrogen) atoms. The first-order valence-corrected chi connectivity index (χ1v) is 7.34. The molecule has 3 rings (SSSR count). The lowest BCUT2D eigenvalue weighted by molar-refractivity contribution is 0.356. The molecule has 98 valence electrons. The van der Waals surface area contributed by atoms with Gasteiger partial charge < -0.3 is 10.2 Å². The molecule has 3 atom stereocenters. The fourth-order valence-electron chi connectivity index (χ4n) is 3.54. The van der Waals surface area contributed by atoms with Crippen LogP contribution in [0.1, 0.15) is 44.6 Å². The summed E-state index contributed by atoms with van der Waals surface area (Å²) < 4.78 is 0. The van der Waals surface area contributed by atoms with E-state index in [1.165, 1.54) is 38.0 Å². The van der Waals surface area contributed by atoms with Gasteiger partial charge in [0.05, 0.1) is 0 Å². The van der Waals surface area contributed by atoms with Crippen molar-refractivity contribution in [3.63, 3.8) is 0 Å². The number of hydrogen-bond donors (Lipinski definition) is 1. The summed E-state index contributed by atoms with van der Waals surface area (Å²) in [6.45, 7) is 7.07. The summed E-state index contributed by atoms with van der Waals surface area (Å²) in [6.07, 6.45) is 3.87. The Morgan fingerprint density at radius 1 is 1.17 bits per heavy atom. The zero-order chi connectivity index (χ0) is 12.5. The zero-order valence-corrected chi connectivity index (χ0v) is 11.5. The van der Waals surface area contributed by atoms with Gasteiger partial charge in [0.15, 0.2) is 0 Å². The minimum Gasteiger partial charge on any atom is -0.368 e. The Morgan fingerprint density at radius 2 is 2.00 bits per heavy atom. The predicted octanol–water partition coefficient (Wildman–Crippen LogP) is 3.14. The average molecular weight is 244 g/mol. The number of fused-ring (bicyclic) bond motifs is 1. The molecule has 1 aromatic rings. The van der Waals surface area contributed by atoms with E-state index < -0.39 is 0 Å². The third-order valence-corrected chi connectivity index (χ3v) is 4.62. The second-order valence-electron chi connectivity index (χ2n) is 5.98. The molecule has 0 saturated carbocycles. The fourth-order valence-corrected chi connectivity index (χ4v) is 3.54. The Morgan fingerprint density at radius 3 is 2.83 bits per heavy atom. The Balaban J connectivity index is 1.87. The molecule has 1 fully saturated rings. The number of piperidine rings is 1. The van der Waals surface area contributed by atoms with Crippen LogP contribution in [-0.2, 0) is 0 Å². The first-order chi connectivity index (χ1) is 8.75. The smallest absolute Gasteiger partial charge is 0.0404 e. The molecule has 0 amide bonds. The average Bonchev–Trinajstić information content (AvgIpc) is 2.39. The first kappa shape index (κ1) is 12.0. The highest BCUT2D eigenvalue weighted by atomic mass is 15.2. The third kappa shape index (κ3) is 2.14. The molecule has 1 saturated heterocycles. The summed E-state index contributed by atoms with van der Waals surface area (Å²) in [5.41, 5.74) is 3.05. The second kappa shape index (κ2) is 4.93. The van der Waals surface area contributed by atoms with E-state index in [9.17, 15) is 0 Å². The number of benzene rings is 1. The Bertz CT molecular complexity index is 415. The van der Waals surface area contributed by atoms with Gasteiger partial charge >= 0.3 is 0 Å². The van der Waals surface area contributed by atoms with Crippen LogP contribution < -0.4 is 10.2 Å². The number of rotatable bonds is 1. The zero-order valence-electron chi connectivity index (χ0n) is 11.5. The highest BCUT2D eigenvalue weighted by Gasteiger charge is 2.29. The van der Waals surface area contributed by atoms with Gasteiger partial charge in [-0.25, -0.2) is 0 Å². The van der Waals surface area contributed by atoms with E-state index in [2.05, 4.69) is 48.3 Å². The molecule has 0 radical (unpaired) electrons. The summed E-state index contributed by atoms with van der Waals surface area (Å²) in [5.74, 6) is 0.719. The lowest BCUT2D eigenvalue weighted by Crippen LogP contribution is -2.48. The van der Waals surface area contributed by atoms with E-state index in [0.717, 1.165) is 12.0 Å². The van der Waals surface area contributed by atoms with E-state index in [0.29, 0.717) is 6.04 Å². The SMILES string of the molecule is CC1CC(N2CCC(C)c3ccccc32)CCN1. The molecule has 1 aromatic carbocycles. The molecule has 1 N–H and O–H groups in total. The van der Waals surface area contributed by atoms with Gasteiger partial charge in [-0.3, -0.25) is 0 Å². The van der Waals surface area contributed by atoms with Crippen LogP contribution in [0.2, 0.25) is 0 Å². The molecule has 2 aliphatic heterocycles. The quantitative estimate of drug-likeness (QED) is 0.816. The van der Waals surface area contributed by atoms with Crippen molar-refractivity contribution in [3.8, 4) is 0 Å². The van der Waals surface area contributed by atoms with Crippen molar-refractivity contribution in [3.05, 3.63) is 29.8 Å². The van der Waals surface area contributed by atoms with Crippen molar-refractivity contribution in [2.24, 2.45) is 0 Å². The lowest BCUT2D eigenvalue weighted by atomic mass is 9.88.